The number of urea groups is 1. The highest BCUT2D eigenvalue weighted by atomic mass is 35.5. The molecule has 140 valence electrons. The molecular weight excluding hydrogens is 375 g/mol. The van der Waals surface area contributed by atoms with Gasteiger partial charge in [0.2, 0.25) is 0 Å². The topological polar surface area (TPSA) is 75.7 Å². The fourth-order valence-corrected chi connectivity index (χ4v) is 3.34. The predicted octanol–water partition coefficient (Wildman–Crippen LogP) is 3.14. The second-order valence-electron chi connectivity index (χ2n) is 6.19. The van der Waals surface area contributed by atoms with E-state index in [1.165, 1.54) is 20.1 Å². The summed E-state index contributed by atoms with van der Waals surface area (Å²) in [5.74, 6) is -1.72. The third kappa shape index (κ3) is 3.26. The fourth-order valence-electron chi connectivity index (χ4n) is 3.02. The van der Waals surface area contributed by atoms with Crippen molar-refractivity contribution in [1.29, 1.82) is 0 Å². The molecule has 1 fully saturated rings. The number of carbonyl (C=O) groups excluding carboxylic acids is 3. The van der Waals surface area contributed by atoms with Crippen molar-refractivity contribution in [1.82, 2.24) is 10.2 Å². The minimum Gasteiger partial charge on any atom is -0.496 e. The van der Waals surface area contributed by atoms with Gasteiger partial charge in [-0.2, -0.15) is 0 Å². The largest absolute Gasteiger partial charge is 0.496 e. The third-order valence-corrected chi connectivity index (χ3v) is 4.78. The molecule has 2 aromatic carbocycles. The average Bonchev–Trinajstić information content (AvgIpc) is 2.85. The zero-order valence-electron chi connectivity index (χ0n) is 14.6. The Balaban J connectivity index is 1.90. The number of ether oxygens (including phenoxy) is 1. The second kappa shape index (κ2) is 7.00. The van der Waals surface area contributed by atoms with E-state index < -0.39 is 35.6 Å². The van der Waals surface area contributed by atoms with E-state index in [9.17, 15) is 18.8 Å². The summed E-state index contributed by atoms with van der Waals surface area (Å²) in [5, 5.41) is 2.89. The van der Waals surface area contributed by atoms with E-state index in [2.05, 4.69) is 5.32 Å². The molecule has 1 saturated heterocycles. The van der Waals surface area contributed by atoms with Gasteiger partial charge in [0.25, 0.3) is 5.91 Å². The normalized spacial score (nSPS) is 19.2. The number of benzene rings is 2. The van der Waals surface area contributed by atoms with Gasteiger partial charge >= 0.3 is 6.03 Å². The van der Waals surface area contributed by atoms with Crippen LogP contribution in [0.25, 0.3) is 0 Å². The molecule has 1 N–H and O–H groups in total. The van der Waals surface area contributed by atoms with Crippen molar-refractivity contribution in [2.45, 2.75) is 12.5 Å². The third-order valence-electron chi connectivity index (χ3n) is 4.45. The van der Waals surface area contributed by atoms with E-state index in [0.717, 1.165) is 17.0 Å². The minimum atomic E-state index is -1.40. The maximum absolute atomic E-state index is 13.5. The van der Waals surface area contributed by atoms with Crippen molar-refractivity contribution < 1.29 is 23.5 Å². The summed E-state index contributed by atoms with van der Waals surface area (Å²) in [6.45, 7) is 0.964. The number of rotatable bonds is 5. The number of hydrogen-bond acceptors (Lipinski definition) is 4. The summed E-state index contributed by atoms with van der Waals surface area (Å²) in [4.78, 5) is 38.7. The Morgan fingerprint density at radius 3 is 2.63 bits per heavy atom. The van der Waals surface area contributed by atoms with Gasteiger partial charge in [0.1, 0.15) is 17.1 Å². The number of ketones is 1. The van der Waals surface area contributed by atoms with Crippen molar-refractivity contribution in [3.8, 4) is 5.75 Å². The maximum Gasteiger partial charge on any atom is 0.325 e. The summed E-state index contributed by atoms with van der Waals surface area (Å²) in [5.41, 5.74) is -1.03. The molecule has 0 aliphatic carbocycles. The monoisotopic (exact) mass is 390 g/mol. The van der Waals surface area contributed by atoms with E-state index in [1.54, 1.807) is 24.3 Å². The lowest BCUT2D eigenvalue weighted by Gasteiger charge is -2.23. The van der Waals surface area contributed by atoms with Crippen LogP contribution in [0, 0.1) is 5.82 Å². The molecule has 6 nitrogen and oxygen atoms in total. The van der Waals surface area contributed by atoms with Gasteiger partial charge in [0.15, 0.2) is 5.78 Å². The van der Waals surface area contributed by atoms with Gasteiger partial charge in [-0.15, -0.1) is 0 Å². The SMILES string of the molecule is COc1ccc(F)cc1C(=O)CN1C(=O)N[C@](C)(c2ccccc2Cl)C1=O. The van der Waals surface area contributed by atoms with Gasteiger partial charge in [0, 0.05) is 10.6 Å². The number of amides is 3. The highest BCUT2D eigenvalue weighted by molar-refractivity contribution is 6.32. The molecular formula is C19H16ClFN2O4. The van der Waals surface area contributed by atoms with E-state index in [1.807, 2.05) is 0 Å². The molecule has 0 spiro atoms. The zero-order chi connectivity index (χ0) is 19.8. The summed E-state index contributed by atoms with van der Waals surface area (Å²) in [7, 11) is 1.34. The molecule has 0 saturated carbocycles. The molecule has 3 rings (SSSR count). The maximum atomic E-state index is 13.5. The first-order valence-corrected chi connectivity index (χ1v) is 8.41. The molecule has 3 amide bonds. The lowest BCUT2D eigenvalue weighted by molar-refractivity contribution is -0.130. The second-order valence-corrected chi connectivity index (χ2v) is 6.60. The summed E-state index contributed by atoms with van der Waals surface area (Å²) >= 11 is 6.17. The Bertz CT molecular complexity index is 949. The van der Waals surface area contributed by atoms with Crippen LogP contribution in [0.5, 0.6) is 5.75 Å². The van der Waals surface area contributed by atoms with E-state index in [-0.39, 0.29) is 11.3 Å². The standard InChI is InChI=1S/C19H16ClFN2O4/c1-19(13-5-3-4-6-14(13)20)17(25)23(18(26)22-19)10-15(24)12-9-11(21)7-8-16(12)27-2/h3-9H,10H2,1-2H3,(H,22,26)/t19-/m1/s1. The number of Topliss-reactive ketones (excluding diaryl/α,β-unsaturated/α-hetero) is 1. The van der Waals surface area contributed by atoms with Crippen molar-refractivity contribution in [3.63, 3.8) is 0 Å². The number of carbonyl (C=O) groups is 3. The van der Waals surface area contributed by atoms with Crippen molar-refractivity contribution in [3.05, 3.63) is 64.4 Å². The van der Waals surface area contributed by atoms with Crippen LogP contribution in [0.1, 0.15) is 22.8 Å². The molecule has 0 unspecified atom stereocenters. The number of methoxy groups -OCH3 is 1. The Labute approximate surface area is 159 Å². The van der Waals surface area contributed by atoms with Crippen LogP contribution in [-0.4, -0.2) is 36.3 Å². The minimum absolute atomic E-state index is 0.0514. The Kier molecular flexibility index (Phi) is 4.89. The number of nitrogens with one attached hydrogen (secondary N) is 1. The molecule has 0 aromatic heterocycles. The smallest absolute Gasteiger partial charge is 0.325 e. The first-order valence-electron chi connectivity index (χ1n) is 8.04. The Hall–Kier alpha value is -2.93. The lowest BCUT2D eigenvalue weighted by Crippen LogP contribution is -2.41. The van der Waals surface area contributed by atoms with Crippen molar-refractivity contribution in [2.24, 2.45) is 0 Å². The predicted molar refractivity (Wildman–Crippen MR) is 96.3 cm³/mol. The first kappa shape index (κ1) is 18.8. The van der Waals surface area contributed by atoms with Crippen LogP contribution < -0.4 is 10.1 Å². The van der Waals surface area contributed by atoms with Crippen LogP contribution in [0.15, 0.2) is 42.5 Å². The number of halogens is 2. The Morgan fingerprint density at radius 2 is 1.96 bits per heavy atom. The van der Waals surface area contributed by atoms with Gasteiger partial charge in [0.05, 0.1) is 19.2 Å². The van der Waals surface area contributed by atoms with Crippen LogP contribution in [-0.2, 0) is 10.3 Å². The van der Waals surface area contributed by atoms with Crippen LogP contribution in [0.4, 0.5) is 9.18 Å². The molecule has 2 aromatic rings. The summed E-state index contributed by atoms with van der Waals surface area (Å²) in [6, 6.07) is 9.36. The first-order chi connectivity index (χ1) is 12.8. The molecule has 1 atom stereocenters. The number of nitrogens with zero attached hydrogens (tertiary/aromatic N) is 1. The molecule has 0 radical (unpaired) electrons. The quantitative estimate of drug-likeness (QED) is 0.628. The molecule has 1 heterocycles. The zero-order valence-corrected chi connectivity index (χ0v) is 15.3. The highest BCUT2D eigenvalue weighted by Crippen LogP contribution is 2.33. The number of imide groups is 1. The van der Waals surface area contributed by atoms with Gasteiger partial charge in [-0.1, -0.05) is 29.8 Å². The van der Waals surface area contributed by atoms with Crippen LogP contribution in [0.2, 0.25) is 5.02 Å². The fraction of sp³-hybridized carbons (Fsp3) is 0.211. The van der Waals surface area contributed by atoms with E-state index in [0.29, 0.717) is 10.6 Å². The van der Waals surface area contributed by atoms with E-state index >= 15 is 0 Å². The van der Waals surface area contributed by atoms with Crippen molar-refractivity contribution >= 4 is 29.3 Å². The summed E-state index contributed by atoms with van der Waals surface area (Å²) < 4.78 is 18.6. The van der Waals surface area contributed by atoms with Crippen LogP contribution in [0.3, 0.4) is 0 Å². The molecule has 27 heavy (non-hydrogen) atoms. The molecule has 0 bridgehead atoms. The highest BCUT2D eigenvalue weighted by Gasteiger charge is 2.50. The van der Waals surface area contributed by atoms with Crippen LogP contribution >= 0.6 is 11.6 Å². The average molecular weight is 391 g/mol. The number of hydrogen-bond donors (Lipinski definition) is 1. The van der Waals surface area contributed by atoms with Gasteiger partial charge in [-0.3, -0.25) is 14.5 Å². The molecule has 1 aliphatic rings. The van der Waals surface area contributed by atoms with Gasteiger partial charge < -0.3 is 10.1 Å². The molecule has 8 heteroatoms. The lowest BCUT2D eigenvalue weighted by atomic mass is 9.92. The van der Waals surface area contributed by atoms with Gasteiger partial charge in [-0.05, 0) is 31.2 Å². The molecule has 1 aliphatic heterocycles. The summed E-state index contributed by atoms with van der Waals surface area (Å²) in [6.07, 6.45) is 0. The Morgan fingerprint density at radius 1 is 1.26 bits per heavy atom. The van der Waals surface area contributed by atoms with Crippen molar-refractivity contribution in [2.75, 3.05) is 13.7 Å². The van der Waals surface area contributed by atoms with Gasteiger partial charge in [-0.25, -0.2) is 9.18 Å². The van der Waals surface area contributed by atoms with E-state index in [4.69, 9.17) is 16.3 Å².